The molecule has 1 aliphatic carbocycles. The molecule has 0 bridgehead atoms. The summed E-state index contributed by atoms with van der Waals surface area (Å²) in [4.78, 5) is 1.89. The quantitative estimate of drug-likeness (QED) is 0.800. The molecule has 0 aliphatic heterocycles. The molecule has 0 amide bonds. The predicted octanol–water partition coefficient (Wildman–Crippen LogP) is 3.46. The molecule has 0 aromatic heterocycles. The van der Waals surface area contributed by atoms with Gasteiger partial charge in [0.1, 0.15) is 6.07 Å². The second kappa shape index (κ2) is 5.34. The Balaban J connectivity index is 2.28. The van der Waals surface area contributed by atoms with E-state index in [0.29, 0.717) is 12.5 Å². The summed E-state index contributed by atoms with van der Waals surface area (Å²) in [6.07, 6.45) is 3.22. The van der Waals surface area contributed by atoms with Gasteiger partial charge in [0, 0.05) is 13.1 Å². The largest absolute Gasteiger partial charge is 0.369 e. The van der Waals surface area contributed by atoms with Gasteiger partial charge in [0.05, 0.1) is 11.3 Å². The van der Waals surface area contributed by atoms with Gasteiger partial charge in [-0.05, 0) is 37.3 Å². The fourth-order valence-corrected chi connectivity index (χ4v) is 2.06. The van der Waals surface area contributed by atoms with Crippen molar-refractivity contribution in [1.82, 2.24) is 0 Å². The molecule has 0 spiro atoms. The predicted molar refractivity (Wildman–Crippen MR) is 66.3 cm³/mol. The van der Waals surface area contributed by atoms with Crippen molar-refractivity contribution in [3.8, 4) is 6.07 Å². The van der Waals surface area contributed by atoms with E-state index in [4.69, 9.17) is 5.26 Å². The second-order valence-corrected chi connectivity index (χ2v) is 4.76. The lowest BCUT2D eigenvalue weighted by molar-refractivity contribution is 0.502. The first-order chi connectivity index (χ1) is 8.67. The first-order valence-electron chi connectivity index (χ1n) is 6.30. The molecule has 4 heteroatoms. The number of hydrogen-bond acceptors (Lipinski definition) is 2. The molecule has 0 heterocycles. The van der Waals surface area contributed by atoms with Crippen LogP contribution in [0.4, 0.5) is 14.5 Å². The molecule has 2 nitrogen and oxygen atoms in total. The molecule has 0 saturated heterocycles. The molecule has 0 atom stereocenters. The summed E-state index contributed by atoms with van der Waals surface area (Å²) in [5, 5.41) is 8.66. The molecule has 0 N–H and O–H groups in total. The van der Waals surface area contributed by atoms with E-state index in [1.165, 1.54) is 25.0 Å². The molecule has 0 unspecified atom stereocenters. The summed E-state index contributed by atoms with van der Waals surface area (Å²) in [6.45, 7) is 3.49. The monoisotopic (exact) mass is 250 g/mol. The van der Waals surface area contributed by atoms with Gasteiger partial charge in [-0.1, -0.05) is 6.92 Å². The summed E-state index contributed by atoms with van der Waals surface area (Å²) in [5.74, 6) is -1.33. The van der Waals surface area contributed by atoms with E-state index < -0.39 is 11.6 Å². The Kier molecular flexibility index (Phi) is 3.81. The molecule has 1 aromatic carbocycles. The van der Waals surface area contributed by atoms with Crippen molar-refractivity contribution in [1.29, 1.82) is 5.26 Å². The molecule has 1 saturated carbocycles. The van der Waals surface area contributed by atoms with Crippen LogP contribution >= 0.6 is 0 Å². The molecule has 1 fully saturated rings. The molecular weight excluding hydrogens is 234 g/mol. The number of hydrogen-bond donors (Lipinski definition) is 0. The average molecular weight is 250 g/mol. The first kappa shape index (κ1) is 12.8. The number of halogens is 2. The van der Waals surface area contributed by atoms with E-state index in [1.807, 2.05) is 11.8 Å². The highest BCUT2D eigenvalue weighted by Crippen LogP contribution is 2.33. The van der Waals surface area contributed by atoms with Crippen molar-refractivity contribution >= 4 is 5.69 Å². The Morgan fingerprint density at radius 3 is 2.61 bits per heavy atom. The summed E-state index contributed by atoms with van der Waals surface area (Å²) >= 11 is 0. The number of benzene rings is 1. The minimum atomic E-state index is -1.04. The Bertz CT molecular complexity index is 475. The lowest BCUT2D eigenvalue weighted by Crippen LogP contribution is -2.27. The zero-order chi connectivity index (χ0) is 13.1. The van der Waals surface area contributed by atoms with Crippen LogP contribution in [0.1, 0.15) is 31.7 Å². The van der Waals surface area contributed by atoms with Crippen molar-refractivity contribution in [2.45, 2.75) is 26.2 Å². The highest BCUT2D eigenvalue weighted by molar-refractivity contribution is 5.52. The lowest BCUT2D eigenvalue weighted by atomic mass is 10.1. The summed E-state index contributed by atoms with van der Waals surface area (Å²) in [6, 6.07) is 4.51. The third-order valence-corrected chi connectivity index (χ3v) is 3.19. The van der Waals surface area contributed by atoms with Gasteiger partial charge in [0.25, 0.3) is 0 Å². The summed E-state index contributed by atoms with van der Waals surface area (Å²) in [5.41, 5.74) is 0.0411. The van der Waals surface area contributed by atoms with Gasteiger partial charge in [-0.25, -0.2) is 8.78 Å². The Morgan fingerprint density at radius 2 is 2.06 bits per heavy atom. The topological polar surface area (TPSA) is 27.0 Å². The van der Waals surface area contributed by atoms with Crippen molar-refractivity contribution in [2.75, 3.05) is 18.0 Å². The van der Waals surface area contributed by atoms with Crippen molar-refractivity contribution in [2.24, 2.45) is 5.92 Å². The highest BCUT2D eigenvalue weighted by atomic mass is 19.2. The minimum absolute atomic E-state index is 0.237. The van der Waals surface area contributed by atoms with Crippen LogP contribution < -0.4 is 4.90 Å². The van der Waals surface area contributed by atoms with Gasteiger partial charge >= 0.3 is 0 Å². The van der Waals surface area contributed by atoms with Crippen LogP contribution in [-0.4, -0.2) is 13.1 Å². The summed E-state index contributed by atoms with van der Waals surface area (Å²) in [7, 11) is 0. The summed E-state index contributed by atoms with van der Waals surface area (Å²) < 4.78 is 27.5. The van der Waals surface area contributed by atoms with E-state index in [2.05, 4.69) is 0 Å². The van der Waals surface area contributed by atoms with Crippen molar-refractivity contribution in [3.63, 3.8) is 0 Å². The van der Waals surface area contributed by atoms with Gasteiger partial charge in [-0.15, -0.1) is 0 Å². The van der Waals surface area contributed by atoms with Crippen LogP contribution in [0.15, 0.2) is 12.1 Å². The van der Waals surface area contributed by atoms with Crippen LogP contribution in [0.2, 0.25) is 0 Å². The number of nitriles is 1. The Hall–Kier alpha value is -1.63. The molecular formula is C14H16F2N2. The average Bonchev–Trinajstić information content (AvgIpc) is 3.16. The van der Waals surface area contributed by atoms with Crippen LogP contribution in [0, 0.1) is 28.9 Å². The van der Waals surface area contributed by atoms with E-state index >= 15 is 0 Å². The van der Waals surface area contributed by atoms with E-state index in [-0.39, 0.29) is 11.3 Å². The SMILES string of the molecule is CCCN(CC1CC1)c1ccc(C#N)c(F)c1F. The highest BCUT2D eigenvalue weighted by Gasteiger charge is 2.26. The maximum absolute atomic E-state index is 13.9. The molecule has 2 rings (SSSR count). The minimum Gasteiger partial charge on any atom is -0.369 e. The zero-order valence-corrected chi connectivity index (χ0v) is 10.4. The number of rotatable bonds is 5. The van der Waals surface area contributed by atoms with Crippen LogP contribution in [0.3, 0.4) is 0 Å². The number of anilines is 1. The normalized spacial score (nSPS) is 14.3. The lowest BCUT2D eigenvalue weighted by Gasteiger charge is -2.25. The van der Waals surface area contributed by atoms with Crippen molar-refractivity contribution < 1.29 is 8.78 Å². The van der Waals surface area contributed by atoms with E-state index in [1.54, 1.807) is 6.07 Å². The molecule has 96 valence electrons. The Morgan fingerprint density at radius 1 is 1.33 bits per heavy atom. The smallest absolute Gasteiger partial charge is 0.183 e. The van der Waals surface area contributed by atoms with Gasteiger partial charge in [0.2, 0.25) is 0 Å². The first-order valence-corrected chi connectivity index (χ1v) is 6.30. The van der Waals surface area contributed by atoms with Gasteiger partial charge < -0.3 is 4.90 Å². The van der Waals surface area contributed by atoms with Crippen LogP contribution in [0.5, 0.6) is 0 Å². The van der Waals surface area contributed by atoms with Crippen molar-refractivity contribution in [3.05, 3.63) is 29.3 Å². The fraction of sp³-hybridized carbons (Fsp3) is 0.500. The van der Waals surface area contributed by atoms with E-state index in [9.17, 15) is 8.78 Å². The maximum atomic E-state index is 13.9. The maximum Gasteiger partial charge on any atom is 0.183 e. The van der Waals surface area contributed by atoms with Gasteiger partial charge in [-0.3, -0.25) is 0 Å². The van der Waals surface area contributed by atoms with E-state index in [0.717, 1.165) is 13.0 Å². The fourth-order valence-electron chi connectivity index (χ4n) is 2.06. The number of nitrogens with zero attached hydrogens (tertiary/aromatic N) is 2. The molecule has 18 heavy (non-hydrogen) atoms. The molecule has 0 radical (unpaired) electrons. The molecule has 1 aliphatic rings. The third kappa shape index (κ3) is 2.61. The van der Waals surface area contributed by atoms with Crippen LogP contribution in [-0.2, 0) is 0 Å². The standard InChI is InChI=1S/C14H16F2N2/c1-2-7-18(9-10-3-4-10)12-6-5-11(8-17)13(15)14(12)16/h5-6,10H,2-4,7,9H2,1H3. The van der Waals surface area contributed by atoms with Crippen LogP contribution in [0.25, 0.3) is 0 Å². The Labute approximate surface area is 106 Å². The third-order valence-electron chi connectivity index (χ3n) is 3.19. The zero-order valence-electron chi connectivity index (χ0n) is 10.4. The second-order valence-electron chi connectivity index (χ2n) is 4.76. The van der Waals surface area contributed by atoms with Gasteiger partial charge in [-0.2, -0.15) is 5.26 Å². The molecule has 1 aromatic rings. The van der Waals surface area contributed by atoms with Gasteiger partial charge in [0.15, 0.2) is 11.6 Å².